The predicted molar refractivity (Wildman–Crippen MR) is 75.8 cm³/mol. The first kappa shape index (κ1) is 15.4. The number of ether oxygens (including phenoxy) is 2. The van der Waals surface area contributed by atoms with Crippen molar-refractivity contribution in [3.63, 3.8) is 0 Å². The average Bonchev–Trinajstić information content (AvgIpc) is 2.43. The Morgan fingerprint density at radius 2 is 2.00 bits per heavy atom. The third kappa shape index (κ3) is 5.23. The molecule has 1 rings (SSSR count). The SMILES string of the molecule is COCCCN(CCOC)c1cccc(C(=N)N)n1. The van der Waals surface area contributed by atoms with Crippen LogP contribution in [0.25, 0.3) is 0 Å². The van der Waals surface area contributed by atoms with Crippen molar-refractivity contribution < 1.29 is 9.47 Å². The maximum atomic E-state index is 7.43. The van der Waals surface area contributed by atoms with Gasteiger partial charge < -0.3 is 20.1 Å². The molecule has 0 bridgehead atoms. The molecule has 0 spiro atoms. The molecule has 6 nitrogen and oxygen atoms in total. The lowest BCUT2D eigenvalue weighted by atomic mass is 10.3. The van der Waals surface area contributed by atoms with Gasteiger partial charge in [0.15, 0.2) is 0 Å². The minimum atomic E-state index is -0.0227. The normalized spacial score (nSPS) is 10.4. The number of nitrogens with zero attached hydrogens (tertiary/aromatic N) is 2. The molecule has 0 amide bonds. The van der Waals surface area contributed by atoms with Crippen molar-refractivity contribution in [3.8, 4) is 0 Å². The summed E-state index contributed by atoms with van der Waals surface area (Å²) in [6, 6.07) is 5.50. The van der Waals surface area contributed by atoms with E-state index < -0.39 is 0 Å². The number of hydrogen-bond acceptors (Lipinski definition) is 5. The van der Waals surface area contributed by atoms with Crippen LogP contribution in [0.15, 0.2) is 18.2 Å². The Kier molecular flexibility index (Phi) is 6.84. The lowest BCUT2D eigenvalue weighted by Crippen LogP contribution is -2.30. The Bertz CT molecular complexity index is 398. The number of amidine groups is 1. The summed E-state index contributed by atoms with van der Waals surface area (Å²) in [5, 5.41) is 7.43. The minimum absolute atomic E-state index is 0.0227. The van der Waals surface area contributed by atoms with Gasteiger partial charge in [-0.25, -0.2) is 4.98 Å². The first-order valence-corrected chi connectivity index (χ1v) is 6.23. The molecule has 1 aromatic heterocycles. The molecule has 0 saturated carbocycles. The van der Waals surface area contributed by atoms with Crippen LogP contribution in [0.4, 0.5) is 5.82 Å². The van der Waals surface area contributed by atoms with E-state index in [2.05, 4.69) is 9.88 Å². The monoisotopic (exact) mass is 266 g/mol. The largest absolute Gasteiger partial charge is 0.385 e. The second-order valence-corrected chi connectivity index (χ2v) is 4.12. The van der Waals surface area contributed by atoms with E-state index in [1.54, 1.807) is 20.3 Å². The molecule has 0 aromatic carbocycles. The second kappa shape index (κ2) is 8.44. The molecule has 3 N–H and O–H groups in total. The molecule has 19 heavy (non-hydrogen) atoms. The van der Waals surface area contributed by atoms with Crippen LogP contribution in [0.5, 0.6) is 0 Å². The molecule has 0 unspecified atom stereocenters. The van der Waals surface area contributed by atoms with E-state index in [0.29, 0.717) is 18.9 Å². The second-order valence-electron chi connectivity index (χ2n) is 4.12. The van der Waals surface area contributed by atoms with Crippen molar-refractivity contribution in [1.29, 1.82) is 5.41 Å². The fourth-order valence-corrected chi connectivity index (χ4v) is 1.69. The fraction of sp³-hybridized carbons (Fsp3) is 0.538. The number of aromatic nitrogens is 1. The minimum Gasteiger partial charge on any atom is -0.385 e. The third-order valence-electron chi connectivity index (χ3n) is 2.68. The smallest absolute Gasteiger partial charge is 0.141 e. The van der Waals surface area contributed by atoms with Gasteiger partial charge in [0.05, 0.1) is 6.61 Å². The van der Waals surface area contributed by atoms with Crippen LogP contribution in [0.2, 0.25) is 0 Å². The van der Waals surface area contributed by atoms with E-state index in [-0.39, 0.29) is 5.84 Å². The Hall–Kier alpha value is -1.66. The van der Waals surface area contributed by atoms with Gasteiger partial charge in [0.25, 0.3) is 0 Å². The standard InChI is InChI=1S/C13H22N4O2/c1-18-9-4-7-17(8-10-19-2)12-6-3-5-11(16-12)13(14)15/h3,5-6H,4,7-10H2,1-2H3,(H3,14,15). The highest BCUT2D eigenvalue weighted by Crippen LogP contribution is 2.12. The lowest BCUT2D eigenvalue weighted by Gasteiger charge is -2.23. The van der Waals surface area contributed by atoms with Crippen molar-refractivity contribution in [1.82, 2.24) is 4.98 Å². The summed E-state index contributed by atoms with van der Waals surface area (Å²) in [7, 11) is 3.36. The maximum Gasteiger partial charge on any atom is 0.141 e. The third-order valence-corrected chi connectivity index (χ3v) is 2.68. The zero-order valence-corrected chi connectivity index (χ0v) is 11.6. The van der Waals surface area contributed by atoms with Gasteiger partial charge in [-0.3, -0.25) is 5.41 Å². The summed E-state index contributed by atoms with van der Waals surface area (Å²) in [6.45, 7) is 2.90. The number of rotatable bonds is 9. The van der Waals surface area contributed by atoms with Crippen molar-refractivity contribution in [2.24, 2.45) is 5.73 Å². The van der Waals surface area contributed by atoms with E-state index in [4.69, 9.17) is 20.6 Å². The number of pyridine rings is 1. The summed E-state index contributed by atoms with van der Waals surface area (Å²) in [4.78, 5) is 6.49. The lowest BCUT2D eigenvalue weighted by molar-refractivity contribution is 0.191. The van der Waals surface area contributed by atoms with E-state index in [0.717, 1.165) is 25.3 Å². The number of anilines is 1. The molecule has 1 heterocycles. The van der Waals surface area contributed by atoms with Gasteiger partial charge in [-0.05, 0) is 18.6 Å². The van der Waals surface area contributed by atoms with Crippen LogP contribution in [0, 0.1) is 5.41 Å². The number of nitrogen functional groups attached to an aromatic ring is 1. The highest BCUT2D eigenvalue weighted by atomic mass is 16.5. The maximum absolute atomic E-state index is 7.43. The van der Waals surface area contributed by atoms with E-state index in [9.17, 15) is 0 Å². The zero-order valence-electron chi connectivity index (χ0n) is 11.6. The average molecular weight is 266 g/mol. The summed E-state index contributed by atoms with van der Waals surface area (Å²) in [5.41, 5.74) is 5.95. The number of hydrogen-bond donors (Lipinski definition) is 2. The Morgan fingerprint density at radius 3 is 2.63 bits per heavy atom. The molecule has 0 radical (unpaired) electrons. The molecule has 1 aromatic rings. The van der Waals surface area contributed by atoms with Crippen molar-refractivity contribution in [3.05, 3.63) is 23.9 Å². The van der Waals surface area contributed by atoms with Crippen LogP contribution >= 0.6 is 0 Å². The molecule has 106 valence electrons. The van der Waals surface area contributed by atoms with Gasteiger partial charge >= 0.3 is 0 Å². The van der Waals surface area contributed by atoms with E-state index in [1.165, 1.54) is 0 Å². The van der Waals surface area contributed by atoms with Crippen molar-refractivity contribution >= 4 is 11.7 Å². The Balaban J connectivity index is 2.76. The van der Waals surface area contributed by atoms with Gasteiger partial charge in [-0.1, -0.05) is 6.07 Å². The van der Waals surface area contributed by atoms with Gasteiger partial charge in [-0.2, -0.15) is 0 Å². The first-order chi connectivity index (χ1) is 9.19. The van der Waals surface area contributed by atoms with Crippen LogP contribution in [-0.4, -0.2) is 51.3 Å². The zero-order chi connectivity index (χ0) is 14.1. The van der Waals surface area contributed by atoms with Crippen LogP contribution in [0.3, 0.4) is 0 Å². The first-order valence-electron chi connectivity index (χ1n) is 6.23. The molecule has 0 aliphatic rings. The number of nitrogens with one attached hydrogen (secondary N) is 1. The van der Waals surface area contributed by atoms with E-state index in [1.807, 2.05) is 12.1 Å². The Morgan fingerprint density at radius 1 is 1.26 bits per heavy atom. The number of nitrogens with two attached hydrogens (primary N) is 1. The molecular weight excluding hydrogens is 244 g/mol. The summed E-state index contributed by atoms with van der Waals surface area (Å²) < 4.78 is 10.2. The number of methoxy groups -OCH3 is 2. The molecule has 0 atom stereocenters. The van der Waals surface area contributed by atoms with Gasteiger partial charge in [-0.15, -0.1) is 0 Å². The van der Waals surface area contributed by atoms with Crippen molar-refractivity contribution in [2.75, 3.05) is 45.4 Å². The van der Waals surface area contributed by atoms with E-state index >= 15 is 0 Å². The van der Waals surface area contributed by atoms with Crippen molar-refractivity contribution in [2.45, 2.75) is 6.42 Å². The van der Waals surface area contributed by atoms with Crippen LogP contribution < -0.4 is 10.6 Å². The summed E-state index contributed by atoms with van der Waals surface area (Å²) >= 11 is 0. The quantitative estimate of drug-likeness (QED) is 0.393. The highest BCUT2D eigenvalue weighted by molar-refractivity contribution is 5.93. The molecular formula is C13H22N4O2. The summed E-state index contributed by atoms with van der Waals surface area (Å²) in [5.74, 6) is 0.784. The van der Waals surface area contributed by atoms with Gasteiger partial charge in [0.1, 0.15) is 17.3 Å². The fourth-order valence-electron chi connectivity index (χ4n) is 1.69. The van der Waals surface area contributed by atoms with Crippen LogP contribution in [-0.2, 0) is 9.47 Å². The molecule has 0 saturated heterocycles. The van der Waals surface area contributed by atoms with Crippen LogP contribution in [0.1, 0.15) is 12.1 Å². The molecule has 0 aliphatic carbocycles. The van der Waals surface area contributed by atoms with Gasteiger partial charge in [0.2, 0.25) is 0 Å². The predicted octanol–water partition coefficient (Wildman–Crippen LogP) is 0.855. The molecule has 0 aliphatic heterocycles. The Labute approximate surface area is 114 Å². The summed E-state index contributed by atoms with van der Waals surface area (Å²) in [6.07, 6.45) is 0.909. The topological polar surface area (TPSA) is 84.5 Å². The molecule has 0 fully saturated rings. The molecule has 6 heteroatoms. The van der Waals surface area contributed by atoms with Gasteiger partial charge in [0, 0.05) is 33.9 Å². The highest BCUT2D eigenvalue weighted by Gasteiger charge is 2.09.